The molecular formula is C17H30FNO4Si. The second kappa shape index (κ2) is 6.96. The van der Waals surface area contributed by atoms with Crippen LogP contribution in [0, 0.1) is 0 Å². The summed E-state index contributed by atoms with van der Waals surface area (Å²) in [6, 6.07) is -0.538. The number of carbonyl (C=O) groups excluding carboxylic acids is 2. The second-order valence-electron chi connectivity index (χ2n) is 8.72. The minimum Gasteiger partial charge on any atom is -0.443 e. The summed E-state index contributed by atoms with van der Waals surface area (Å²) in [5.74, 6) is -0.643. The van der Waals surface area contributed by atoms with E-state index >= 15 is 0 Å². The molecule has 0 spiro atoms. The predicted molar refractivity (Wildman–Crippen MR) is 93.8 cm³/mol. The number of halogens is 1. The van der Waals surface area contributed by atoms with E-state index in [1.165, 1.54) is 0 Å². The Balaban J connectivity index is 2.94. The van der Waals surface area contributed by atoms with Gasteiger partial charge >= 0.3 is 6.09 Å². The zero-order chi connectivity index (χ0) is 18.9. The maximum absolute atomic E-state index is 13.0. The van der Waals surface area contributed by atoms with Crippen LogP contribution in [0.1, 0.15) is 48.0 Å². The number of likely N-dealkylation sites (tertiary alicyclic amines) is 1. The van der Waals surface area contributed by atoms with E-state index in [4.69, 9.17) is 9.16 Å². The molecule has 0 bridgehead atoms. The monoisotopic (exact) mass is 359 g/mol. The molecule has 1 atom stereocenters. The fourth-order valence-electron chi connectivity index (χ4n) is 2.04. The molecule has 0 aromatic heterocycles. The first-order valence-electron chi connectivity index (χ1n) is 8.19. The number of hydrogen-bond acceptors (Lipinski definition) is 4. The highest BCUT2D eigenvalue weighted by molar-refractivity contribution is 6.74. The smallest absolute Gasteiger partial charge is 0.417 e. The lowest BCUT2D eigenvalue weighted by atomic mass is 10.2. The summed E-state index contributed by atoms with van der Waals surface area (Å²) >= 11 is 0. The van der Waals surface area contributed by atoms with Crippen LogP contribution in [0.25, 0.3) is 0 Å². The molecule has 1 rings (SSSR count). The molecule has 0 radical (unpaired) electrons. The van der Waals surface area contributed by atoms with E-state index in [0.29, 0.717) is 0 Å². The molecule has 1 fully saturated rings. The number of ether oxygens (including phenoxy) is 1. The van der Waals surface area contributed by atoms with Crippen molar-refractivity contribution in [2.75, 3.05) is 6.61 Å². The molecule has 5 nitrogen and oxygen atoms in total. The summed E-state index contributed by atoms with van der Waals surface area (Å²) in [5, 5.41) is 0.00508. The van der Waals surface area contributed by atoms with Crippen molar-refractivity contribution in [2.24, 2.45) is 0 Å². The van der Waals surface area contributed by atoms with Crippen LogP contribution in [0.5, 0.6) is 0 Å². The van der Waals surface area contributed by atoms with Gasteiger partial charge in [-0.05, 0) is 38.9 Å². The number of rotatable bonds is 3. The Kier molecular flexibility index (Phi) is 6.04. The highest BCUT2D eigenvalue weighted by Gasteiger charge is 2.44. The van der Waals surface area contributed by atoms with E-state index < -0.39 is 32.0 Å². The average Bonchev–Trinajstić information content (AvgIpc) is 2.69. The largest absolute Gasteiger partial charge is 0.443 e. The number of nitrogens with zero attached hydrogens (tertiary/aromatic N) is 1. The lowest BCUT2D eigenvalue weighted by molar-refractivity contribution is -0.125. The van der Waals surface area contributed by atoms with Crippen LogP contribution in [0.2, 0.25) is 18.1 Å². The van der Waals surface area contributed by atoms with Crippen LogP contribution in [0.4, 0.5) is 9.18 Å². The molecule has 138 valence electrons. The highest BCUT2D eigenvalue weighted by Crippen LogP contribution is 2.37. The van der Waals surface area contributed by atoms with Crippen molar-refractivity contribution in [3.05, 3.63) is 11.9 Å². The van der Waals surface area contributed by atoms with Gasteiger partial charge in [0.25, 0.3) is 5.91 Å². The van der Waals surface area contributed by atoms with Crippen LogP contribution in [0.15, 0.2) is 11.9 Å². The maximum atomic E-state index is 13.0. The van der Waals surface area contributed by atoms with E-state index in [1.54, 1.807) is 20.8 Å². The maximum Gasteiger partial charge on any atom is 0.417 e. The number of imide groups is 1. The fourth-order valence-corrected chi connectivity index (χ4v) is 3.08. The van der Waals surface area contributed by atoms with Crippen molar-refractivity contribution < 1.29 is 23.1 Å². The normalized spacial score (nSPS) is 21.5. The van der Waals surface area contributed by atoms with Crippen LogP contribution < -0.4 is 0 Å². The molecule has 1 saturated heterocycles. The molecule has 0 aromatic carbocycles. The molecule has 0 aromatic rings. The van der Waals surface area contributed by atoms with Gasteiger partial charge in [-0.25, -0.2) is 14.1 Å². The van der Waals surface area contributed by atoms with Crippen LogP contribution >= 0.6 is 0 Å². The predicted octanol–water partition coefficient (Wildman–Crippen LogP) is 4.40. The molecule has 24 heavy (non-hydrogen) atoms. The Hall–Kier alpha value is -1.21. The lowest BCUT2D eigenvalue weighted by Gasteiger charge is -2.37. The summed E-state index contributed by atoms with van der Waals surface area (Å²) in [4.78, 5) is 25.6. The zero-order valence-corrected chi connectivity index (χ0v) is 17.0. The van der Waals surface area contributed by atoms with Crippen molar-refractivity contribution in [1.82, 2.24) is 4.90 Å². The molecule has 0 unspecified atom stereocenters. The zero-order valence-electron chi connectivity index (χ0n) is 16.0. The van der Waals surface area contributed by atoms with E-state index in [9.17, 15) is 14.0 Å². The second-order valence-corrected chi connectivity index (χ2v) is 13.5. The SMILES string of the molecule is CC(C)(C)OC(=O)N1C(=O)/C(=C\F)C[C@H]1CO[Si](C)(C)C(C)(C)C. The number of amides is 2. The van der Waals surface area contributed by atoms with Gasteiger partial charge in [-0.3, -0.25) is 4.79 Å². The molecule has 0 aliphatic carbocycles. The third kappa shape index (κ3) is 4.89. The van der Waals surface area contributed by atoms with Crippen molar-refractivity contribution in [3.63, 3.8) is 0 Å². The van der Waals surface area contributed by atoms with Gasteiger partial charge in [-0.1, -0.05) is 20.8 Å². The topological polar surface area (TPSA) is 55.8 Å². The average molecular weight is 360 g/mol. The minimum atomic E-state index is -2.04. The van der Waals surface area contributed by atoms with Gasteiger partial charge < -0.3 is 9.16 Å². The molecule has 2 amide bonds. The molecular weight excluding hydrogens is 329 g/mol. The first-order valence-corrected chi connectivity index (χ1v) is 11.1. The van der Waals surface area contributed by atoms with Crippen molar-refractivity contribution in [1.29, 1.82) is 0 Å². The Labute approximate surface area is 145 Å². The lowest BCUT2D eigenvalue weighted by Crippen LogP contribution is -2.48. The van der Waals surface area contributed by atoms with Gasteiger partial charge in [-0.15, -0.1) is 0 Å². The Morgan fingerprint density at radius 1 is 1.29 bits per heavy atom. The van der Waals surface area contributed by atoms with E-state index in [0.717, 1.165) is 4.90 Å². The third-order valence-electron chi connectivity index (χ3n) is 4.48. The summed E-state index contributed by atoms with van der Waals surface area (Å²) < 4.78 is 24.4. The van der Waals surface area contributed by atoms with Crippen molar-refractivity contribution >= 4 is 20.3 Å². The standard InChI is InChI=1S/C17H30FNO4Si/c1-16(2,3)23-15(21)19-13(9-12(10-18)14(19)20)11-22-24(7,8)17(4,5)6/h10,13H,9,11H2,1-8H3/b12-10-/t13-/m0/s1. The number of hydrogen-bond donors (Lipinski definition) is 0. The molecule has 1 heterocycles. The minimum absolute atomic E-state index is 0.00508. The van der Waals surface area contributed by atoms with Gasteiger partial charge in [-0.2, -0.15) is 0 Å². The highest BCUT2D eigenvalue weighted by atomic mass is 28.4. The van der Waals surface area contributed by atoms with Crippen molar-refractivity contribution in [3.8, 4) is 0 Å². The molecule has 1 aliphatic rings. The third-order valence-corrected chi connectivity index (χ3v) is 8.98. The molecule has 0 saturated carbocycles. The van der Waals surface area contributed by atoms with Gasteiger partial charge in [0.1, 0.15) is 5.60 Å². The Morgan fingerprint density at radius 2 is 1.83 bits per heavy atom. The summed E-state index contributed by atoms with van der Waals surface area (Å²) in [6.07, 6.45) is -0.344. The quantitative estimate of drug-likeness (QED) is 0.554. The van der Waals surface area contributed by atoms with Gasteiger partial charge in [0.05, 0.1) is 19.0 Å². The van der Waals surface area contributed by atoms with Gasteiger partial charge in [0, 0.05) is 12.0 Å². The Bertz CT molecular complexity index is 532. The first-order chi connectivity index (χ1) is 10.7. The first kappa shape index (κ1) is 20.8. The molecule has 1 aliphatic heterocycles. The van der Waals surface area contributed by atoms with E-state index in [2.05, 4.69) is 33.9 Å². The fraction of sp³-hybridized carbons (Fsp3) is 0.765. The van der Waals surface area contributed by atoms with Crippen molar-refractivity contribution in [2.45, 2.75) is 77.7 Å². The molecule has 7 heteroatoms. The van der Waals surface area contributed by atoms with E-state index in [1.807, 2.05) is 0 Å². The van der Waals surface area contributed by atoms with Gasteiger partial charge in [0.15, 0.2) is 8.32 Å². The molecule has 0 N–H and O–H groups in total. The van der Waals surface area contributed by atoms with Crippen LogP contribution in [-0.2, 0) is 14.0 Å². The number of carbonyl (C=O) groups is 2. The Morgan fingerprint density at radius 3 is 2.25 bits per heavy atom. The van der Waals surface area contributed by atoms with E-state index in [-0.39, 0.29) is 30.0 Å². The summed E-state index contributed by atoms with van der Waals surface area (Å²) in [5.41, 5.74) is -0.755. The van der Waals surface area contributed by atoms with Crippen LogP contribution in [0.3, 0.4) is 0 Å². The summed E-state index contributed by atoms with van der Waals surface area (Å²) in [6.45, 7) is 15.9. The van der Waals surface area contributed by atoms with Gasteiger partial charge in [0.2, 0.25) is 0 Å². The summed E-state index contributed by atoms with van der Waals surface area (Å²) in [7, 11) is -2.04. The van der Waals surface area contributed by atoms with Crippen LogP contribution in [-0.4, -0.2) is 43.5 Å².